The van der Waals surface area contributed by atoms with Gasteiger partial charge in [0.1, 0.15) is 5.69 Å². The van der Waals surface area contributed by atoms with Crippen molar-refractivity contribution in [2.24, 2.45) is 5.11 Å². The molecule has 1 aromatic heterocycles. The summed E-state index contributed by atoms with van der Waals surface area (Å²) in [6.07, 6.45) is 2.15. The van der Waals surface area contributed by atoms with E-state index in [9.17, 15) is 4.79 Å². The van der Waals surface area contributed by atoms with Crippen molar-refractivity contribution in [3.63, 3.8) is 0 Å². The van der Waals surface area contributed by atoms with Gasteiger partial charge in [-0.15, -0.1) is 0 Å². The number of H-pyrrole nitrogens is 1. The van der Waals surface area contributed by atoms with Crippen molar-refractivity contribution < 1.29 is 4.79 Å². The molecule has 80 valence electrons. The van der Waals surface area contributed by atoms with Crippen LogP contribution in [-0.2, 0) is 0 Å². The van der Waals surface area contributed by atoms with E-state index in [1.165, 1.54) is 6.20 Å². The van der Waals surface area contributed by atoms with Crippen molar-refractivity contribution in [2.45, 2.75) is 6.42 Å². The van der Waals surface area contributed by atoms with Crippen LogP contribution in [0, 0.1) is 0 Å². The first-order valence-corrected chi connectivity index (χ1v) is 4.75. The van der Waals surface area contributed by atoms with Crippen molar-refractivity contribution >= 4 is 17.5 Å². The summed E-state index contributed by atoms with van der Waals surface area (Å²) in [6.45, 7) is 0.844. The first-order chi connectivity index (χ1) is 7.24. The van der Waals surface area contributed by atoms with Gasteiger partial charge in [-0.2, -0.15) is 0 Å². The molecule has 0 bridgehead atoms. The Hall–Kier alpha value is -1.65. The van der Waals surface area contributed by atoms with E-state index in [-0.39, 0.29) is 5.91 Å². The molecule has 0 atom stereocenters. The predicted octanol–water partition coefficient (Wildman–Crippen LogP) is 2.10. The molecule has 0 saturated carbocycles. The Labute approximate surface area is 91.2 Å². The summed E-state index contributed by atoms with van der Waals surface area (Å²) in [6, 6.07) is 1.55. The second kappa shape index (κ2) is 5.95. The van der Waals surface area contributed by atoms with E-state index < -0.39 is 0 Å². The van der Waals surface area contributed by atoms with Gasteiger partial charge in [0.25, 0.3) is 5.91 Å². The van der Waals surface area contributed by atoms with Crippen LogP contribution >= 0.6 is 11.6 Å². The van der Waals surface area contributed by atoms with E-state index in [0.29, 0.717) is 30.2 Å². The van der Waals surface area contributed by atoms with Crippen LogP contribution in [0.5, 0.6) is 0 Å². The van der Waals surface area contributed by atoms with Crippen LogP contribution in [0.25, 0.3) is 10.4 Å². The third-order valence-corrected chi connectivity index (χ3v) is 1.89. The smallest absolute Gasteiger partial charge is 0.267 e. The van der Waals surface area contributed by atoms with Crippen LogP contribution in [0.4, 0.5) is 0 Å². The van der Waals surface area contributed by atoms with Crippen LogP contribution in [0.2, 0.25) is 5.02 Å². The van der Waals surface area contributed by atoms with E-state index in [2.05, 4.69) is 20.3 Å². The second-order valence-electron chi connectivity index (χ2n) is 2.80. The van der Waals surface area contributed by atoms with Gasteiger partial charge in [0, 0.05) is 24.2 Å². The average Bonchev–Trinajstić information content (AvgIpc) is 2.64. The topological polar surface area (TPSA) is 93.7 Å². The van der Waals surface area contributed by atoms with Crippen molar-refractivity contribution in [3.05, 3.63) is 33.4 Å². The number of hydrogen-bond donors (Lipinski definition) is 2. The number of rotatable bonds is 5. The Morgan fingerprint density at radius 3 is 3.13 bits per heavy atom. The minimum Gasteiger partial charge on any atom is -0.356 e. The van der Waals surface area contributed by atoms with Gasteiger partial charge >= 0.3 is 0 Å². The average molecular weight is 228 g/mol. The summed E-state index contributed by atoms with van der Waals surface area (Å²) < 4.78 is 0. The van der Waals surface area contributed by atoms with E-state index >= 15 is 0 Å². The van der Waals surface area contributed by atoms with Crippen LogP contribution in [0.3, 0.4) is 0 Å². The zero-order valence-electron chi connectivity index (χ0n) is 7.90. The minimum absolute atomic E-state index is 0.220. The second-order valence-corrected chi connectivity index (χ2v) is 3.23. The first-order valence-electron chi connectivity index (χ1n) is 4.37. The van der Waals surface area contributed by atoms with E-state index in [4.69, 9.17) is 17.1 Å². The van der Waals surface area contributed by atoms with Gasteiger partial charge in [-0.25, -0.2) is 0 Å². The fraction of sp³-hybridized carbons (Fsp3) is 0.375. The molecule has 0 aliphatic heterocycles. The molecule has 1 aromatic rings. The Bertz CT molecular complexity index is 382. The highest BCUT2D eigenvalue weighted by molar-refractivity contribution is 6.30. The summed E-state index contributed by atoms with van der Waals surface area (Å²) in [5, 5.41) is 6.50. The zero-order chi connectivity index (χ0) is 11.1. The molecule has 0 fully saturated rings. The number of carbonyl (C=O) groups is 1. The Kier molecular flexibility index (Phi) is 4.53. The standard InChI is InChI=1S/C8H10ClN5O/c9-6-4-7(12-5-6)8(15)11-2-1-3-13-14-10/h4-5,12H,1-3H2,(H,11,15). The molecule has 0 aliphatic carbocycles. The van der Waals surface area contributed by atoms with Gasteiger partial charge in [-0.3, -0.25) is 4.79 Å². The highest BCUT2D eigenvalue weighted by atomic mass is 35.5. The third kappa shape index (κ3) is 3.93. The van der Waals surface area contributed by atoms with Crippen LogP contribution in [0.15, 0.2) is 17.4 Å². The number of nitrogens with one attached hydrogen (secondary N) is 2. The first kappa shape index (κ1) is 11.4. The van der Waals surface area contributed by atoms with Gasteiger partial charge in [-0.1, -0.05) is 16.7 Å². The van der Waals surface area contributed by atoms with E-state index in [1.54, 1.807) is 6.07 Å². The fourth-order valence-electron chi connectivity index (χ4n) is 0.991. The summed E-state index contributed by atoms with van der Waals surface area (Å²) >= 11 is 5.64. The molecule has 1 rings (SSSR count). The van der Waals surface area contributed by atoms with Crippen LogP contribution in [-0.4, -0.2) is 24.0 Å². The maximum atomic E-state index is 11.4. The zero-order valence-corrected chi connectivity index (χ0v) is 8.66. The maximum Gasteiger partial charge on any atom is 0.267 e. The van der Waals surface area contributed by atoms with Gasteiger partial charge in [0.05, 0.1) is 5.02 Å². The normalized spacial score (nSPS) is 9.40. The highest BCUT2D eigenvalue weighted by Crippen LogP contribution is 2.08. The van der Waals surface area contributed by atoms with E-state index in [1.807, 2.05) is 0 Å². The molecule has 7 heteroatoms. The van der Waals surface area contributed by atoms with Crippen molar-refractivity contribution in [3.8, 4) is 0 Å². The number of aromatic amines is 1. The largest absolute Gasteiger partial charge is 0.356 e. The fourth-order valence-corrected chi connectivity index (χ4v) is 1.15. The lowest BCUT2D eigenvalue weighted by molar-refractivity contribution is 0.0949. The molecule has 0 radical (unpaired) electrons. The third-order valence-electron chi connectivity index (χ3n) is 1.68. The number of halogens is 1. The highest BCUT2D eigenvalue weighted by Gasteiger charge is 2.06. The lowest BCUT2D eigenvalue weighted by atomic mass is 10.4. The molecule has 0 aliphatic rings. The van der Waals surface area contributed by atoms with E-state index in [0.717, 1.165) is 0 Å². The molecule has 0 unspecified atom stereocenters. The van der Waals surface area contributed by atoms with Gasteiger partial charge in [-0.05, 0) is 18.0 Å². The number of aromatic nitrogens is 1. The molecule has 0 spiro atoms. The van der Waals surface area contributed by atoms with Crippen LogP contribution < -0.4 is 5.32 Å². The number of azide groups is 1. The molecular formula is C8H10ClN5O. The summed E-state index contributed by atoms with van der Waals surface area (Å²) in [7, 11) is 0. The van der Waals surface area contributed by atoms with Crippen molar-refractivity contribution in [2.75, 3.05) is 13.1 Å². The lowest BCUT2D eigenvalue weighted by Crippen LogP contribution is -2.25. The van der Waals surface area contributed by atoms with Crippen molar-refractivity contribution in [1.82, 2.24) is 10.3 Å². The molecule has 6 nitrogen and oxygen atoms in total. The van der Waals surface area contributed by atoms with Crippen molar-refractivity contribution in [1.29, 1.82) is 0 Å². The number of carbonyl (C=O) groups excluding carboxylic acids is 1. The Balaban J connectivity index is 2.27. The number of hydrogen-bond acceptors (Lipinski definition) is 2. The molecule has 0 saturated heterocycles. The summed E-state index contributed by atoms with van der Waals surface area (Å²) in [5.74, 6) is -0.220. The molecule has 1 heterocycles. The lowest BCUT2D eigenvalue weighted by Gasteiger charge is -2.00. The SMILES string of the molecule is [N-]=[N+]=NCCCNC(=O)c1cc(Cl)c[nH]1. The molecule has 0 aromatic carbocycles. The van der Waals surface area contributed by atoms with Gasteiger partial charge < -0.3 is 10.3 Å². The summed E-state index contributed by atoms with van der Waals surface area (Å²) in [4.78, 5) is 16.7. The quantitative estimate of drug-likeness (QED) is 0.343. The predicted molar refractivity (Wildman–Crippen MR) is 56.8 cm³/mol. The molecule has 15 heavy (non-hydrogen) atoms. The van der Waals surface area contributed by atoms with Crippen LogP contribution in [0.1, 0.15) is 16.9 Å². The summed E-state index contributed by atoms with van der Waals surface area (Å²) in [5.41, 5.74) is 8.43. The number of amides is 1. The monoisotopic (exact) mass is 227 g/mol. The van der Waals surface area contributed by atoms with Gasteiger partial charge in [0.15, 0.2) is 0 Å². The number of nitrogens with zero attached hydrogens (tertiary/aromatic N) is 3. The molecule has 2 N–H and O–H groups in total. The molecular weight excluding hydrogens is 218 g/mol. The van der Waals surface area contributed by atoms with Gasteiger partial charge in [0.2, 0.25) is 0 Å². The Morgan fingerprint density at radius 2 is 2.53 bits per heavy atom. The Morgan fingerprint density at radius 1 is 1.73 bits per heavy atom. The maximum absolute atomic E-state index is 11.4. The minimum atomic E-state index is -0.220. The molecule has 1 amide bonds.